The van der Waals surface area contributed by atoms with Crippen LogP contribution in [0.3, 0.4) is 0 Å². The highest BCUT2D eigenvalue weighted by Gasteiger charge is 2.22. The molecule has 0 aliphatic carbocycles. The van der Waals surface area contributed by atoms with Crippen LogP contribution in [0.25, 0.3) is 10.8 Å². The van der Waals surface area contributed by atoms with Crippen molar-refractivity contribution in [2.24, 2.45) is 7.05 Å². The van der Waals surface area contributed by atoms with Gasteiger partial charge in [0.15, 0.2) is 0 Å². The van der Waals surface area contributed by atoms with E-state index < -0.39 is 0 Å². The Bertz CT molecular complexity index is 1170. The van der Waals surface area contributed by atoms with Crippen molar-refractivity contribution in [2.45, 2.75) is 39.3 Å². The van der Waals surface area contributed by atoms with Crippen molar-refractivity contribution in [2.75, 3.05) is 6.61 Å². The molecule has 0 radical (unpaired) electrons. The molecule has 1 amide bonds. The molecule has 0 saturated carbocycles. The Morgan fingerprint density at radius 3 is 2.83 bits per heavy atom. The maximum Gasteiger partial charge on any atom is 0.274 e. The number of carbonyl (C=O) groups excluding carboxylic acids is 1. The zero-order valence-corrected chi connectivity index (χ0v) is 17.4. The summed E-state index contributed by atoms with van der Waals surface area (Å²) in [5, 5.41) is 8.50. The van der Waals surface area contributed by atoms with Crippen molar-refractivity contribution in [3.05, 3.63) is 63.6 Å². The Balaban J connectivity index is 1.53. The Hall–Kier alpha value is -3.35. The molecule has 1 aliphatic rings. The molecule has 1 aliphatic heterocycles. The van der Waals surface area contributed by atoms with Gasteiger partial charge in [-0.2, -0.15) is 5.10 Å². The second-order valence-electron chi connectivity index (χ2n) is 7.51. The zero-order valence-electron chi connectivity index (χ0n) is 17.4. The quantitative estimate of drug-likeness (QED) is 0.679. The van der Waals surface area contributed by atoms with Crippen molar-refractivity contribution in [1.82, 2.24) is 15.1 Å². The monoisotopic (exact) mass is 407 g/mol. The highest BCUT2D eigenvalue weighted by atomic mass is 16.5. The highest BCUT2D eigenvalue weighted by molar-refractivity contribution is 5.88. The smallest absolute Gasteiger partial charge is 0.274 e. The number of amides is 1. The van der Waals surface area contributed by atoms with Crippen LogP contribution in [0.4, 0.5) is 0 Å². The van der Waals surface area contributed by atoms with Gasteiger partial charge in [-0.15, -0.1) is 0 Å². The number of benzene rings is 2. The number of hydrogen-bond donors (Lipinski definition) is 1. The van der Waals surface area contributed by atoms with Crippen LogP contribution in [0.5, 0.6) is 11.5 Å². The molecule has 0 bridgehead atoms. The average molecular weight is 407 g/mol. The predicted octanol–water partition coefficient (Wildman–Crippen LogP) is 2.51. The molecule has 30 heavy (non-hydrogen) atoms. The number of carbonyl (C=O) groups is 1. The lowest BCUT2D eigenvalue weighted by Crippen LogP contribution is -2.28. The SMILES string of the molecule is CCOc1cc2c(cc1CNC(=O)Cc1nn(C)c(=O)c3ccccc13)O[C@@H](C)C2. The van der Waals surface area contributed by atoms with Gasteiger partial charge in [-0.25, -0.2) is 4.68 Å². The molecule has 156 valence electrons. The first-order valence-corrected chi connectivity index (χ1v) is 10.1. The fraction of sp³-hybridized carbons (Fsp3) is 0.348. The molecule has 7 heteroatoms. The number of nitrogens with one attached hydrogen (secondary N) is 1. The number of nitrogens with zero attached hydrogens (tertiary/aromatic N) is 2. The van der Waals surface area contributed by atoms with Crippen LogP contribution in [0, 0.1) is 0 Å². The second-order valence-corrected chi connectivity index (χ2v) is 7.51. The number of aromatic nitrogens is 2. The third-order valence-corrected chi connectivity index (χ3v) is 5.22. The van der Waals surface area contributed by atoms with Crippen molar-refractivity contribution in [3.8, 4) is 11.5 Å². The van der Waals surface area contributed by atoms with Crippen LogP contribution in [0.15, 0.2) is 41.2 Å². The zero-order chi connectivity index (χ0) is 21.3. The molecular formula is C23H25N3O4. The van der Waals surface area contributed by atoms with Crippen LogP contribution in [0.1, 0.15) is 30.7 Å². The molecule has 4 rings (SSSR count). The summed E-state index contributed by atoms with van der Waals surface area (Å²) >= 11 is 0. The largest absolute Gasteiger partial charge is 0.494 e. The van der Waals surface area contributed by atoms with E-state index in [2.05, 4.69) is 10.4 Å². The van der Waals surface area contributed by atoms with Crippen LogP contribution in [0.2, 0.25) is 0 Å². The first-order valence-electron chi connectivity index (χ1n) is 10.1. The van der Waals surface area contributed by atoms with Gasteiger partial charge < -0.3 is 14.8 Å². The average Bonchev–Trinajstić information content (AvgIpc) is 3.09. The minimum Gasteiger partial charge on any atom is -0.494 e. The van der Waals surface area contributed by atoms with E-state index in [1.165, 1.54) is 4.68 Å². The first kappa shape index (κ1) is 19.9. The van der Waals surface area contributed by atoms with Crippen LogP contribution in [-0.4, -0.2) is 28.4 Å². The molecule has 3 aromatic rings. The molecule has 7 nitrogen and oxygen atoms in total. The van der Waals surface area contributed by atoms with Crippen molar-refractivity contribution in [1.29, 1.82) is 0 Å². The summed E-state index contributed by atoms with van der Waals surface area (Å²) in [4.78, 5) is 24.9. The normalized spacial score (nSPS) is 15.0. The molecule has 0 fully saturated rings. The van der Waals surface area contributed by atoms with Crippen LogP contribution in [-0.2, 0) is 31.2 Å². The minimum atomic E-state index is -0.177. The summed E-state index contributed by atoms with van der Waals surface area (Å²) in [6.07, 6.45) is 1.08. The molecule has 0 unspecified atom stereocenters. The van der Waals surface area contributed by atoms with Crippen LogP contribution >= 0.6 is 0 Å². The van der Waals surface area contributed by atoms with E-state index in [4.69, 9.17) is 9.47 Å². The van der Waals surface area contributed by atoms with Gasteiger partial charge in [0, 0.05) is 36.5 Å². The number of rotatable bonds is 6. The van der Waals surface area contributed by atoms with Crippen LogP contribution < -0.4 is 20.3 Å². The molecule has 0 spiro atoms. The van der Waals surface area contributed by atoms with Gasteiger partial charge in [0.05, 0.1) is 24.1 Å². The Morgan fingerprint density at radius 2 is 2.07 bits per heavy atom. The molecule has 1 atom stereocenters. The summed E-state index contributed by atoms with van der Waals surface area (Å²) in [6.45, 7) is 4.84. The fourth-order valence-electron chi connectivity index (χ4n) is 3.82. The standard InChI is InChI=1S/C23H25N3O4/c1-4-29-20-10-15-9-14(2)30-21(15)11-16(20)13-24-22(27)12-19-17-7-5-6-8-18(17)23(28)26(3)25-19/h5-8,10-11,14H,4,9,12-13H2,1-3H3,(H,24,27)/t14-/m0/s1. The summed E-state index contributed by atoms with van der Waals surface area (Å²) in [7, 11) is 1.59. The van der Waals surface area contributed by atoms with Gasteiger partial charge in [0.2, 0.25) is 5.91 Å². The third kappa shape index (κ3) is 3.87. The Kier molecular flexibility index (Phi) is 5.44. The summed E-state index contributed by atoms with van der Waals surface area (Å²) in [5.74, 6) is 1.43. The Morgan fingerprint density at radius 1 is 1.30 bits per heavy atom. The summed E-state index contributed by atoms with van der Waals surface area (Å²) in [5.41, 5.74) is 2.39. The fourth-order valence-corrected chi connectivity index (χ4v) is 3.82. The van der Waals surface area contributed by atoms with Gasteiger partial charge in [-0.3, -0.25) is 9.59 Å². The maximum absolute atomic E-state index is 12.7. The van der Waals surface area contributed by atoms with Gasteiger partial charge >= 0.3 is 0 Å². The molecule has 1 N–H and O–H groups in total. The topological polar surface area (TPSA) is 82.5 Å². The van der Waals surface area contributed by atoms with E-state index in [0.717, 1.165) is 29.0 Å². The molecule has 2 aromatic carbocycles. The third-order valence-electron chi connectivity index (χ3n) is 5.22. The van der Waals surface area contributed by atoms with Crippen molar-refractivity contribution < 1.29 is 14.3 Å². The highest BCUT2D eigenvalue weighted by Crippen LogP contribution is 2.35. The number of aryl methyl sites for hydroxylation is 1. The van der Waals surface area contributed by atoms with E-state index in [0.29, 0.717) is 29.6 Å². The van der Waals surface area contributed by atoms with Gasteiger partial charge in [-0.1, -0.05) is 18.2 Å². The van der Waals surface area contributed by atoms with E-state index in [-0.39, 0.29) is 24.0 Å². The van der Waals surface area contributed by atoms with Gasteiger partial charge in [-0.05, 0) is 32.0 Å². The minimum absolute atomic E-state index is 0.0804. The van der Waals surface area contributed by atoms with E-state index in [9.17, 15) is 9.59 Å². The van der Waals surface area contributed by atoms with Gasteiger partial charge in [0.1, 0.15) is 17.6 Å². The number of hydrogen-bond acceptors (Lipinski definition) is 5. The maximum atomic E-state index is 12.7. The second kappa shape index (κ2) is 8.18. The molecule has 2 heterocycles. The van der Waals surface area contributed by atoms with E-state index in [1.807, 2.05) is 38.1 Å². The van der Waals surface area contributed by atoms with Crippen molar-refractivity contribution in [3.63, 3.8) is 0 Å². The molecule has 1 aromatic heterocycles. The van der Waals surface area contributed by atoms with Gasteiger partial charge in [0.25, 0.3) is 5.56 Å². The Labute approximate surface area is 174 Å². The summed E-state index contributed by atoms with van der Waals surface area (Å²) in [6, 6.07) is 11.2. The van der Waals surface area contributed by atoms with E-state index in [1.54, 1.807) is 19.2 Å². The first-order chi connectivity index (χ1) is 14.5. The van der Waals surface area contributed by atoms with Crippen molar-refractivity contribution >= 4 is 16.7 Å². The number of ether oxygens (including phenoxy) is 2. The summed E-state index contributed by atoms with van der Waals surface area (Å²) < 4.78 is 12.9. The lowest BCUT2D eigenvalue weighted by atomic mass is 10.1. The van der Waals surface area contributed by atoms with E-state index >= 15 is 0 Å². The number of fused-ring (bicyclic) bond motifs is 2. The molecular weight excluding hydrogens is 382 g/mol. The predicted molar refractivity (Wildman–Crippen MR) is 114 cm³/mol. The lowest BCUT2D eigenvalue weighted by molar-refractivity contribution is -0.120. The molecule has 0 saturated heterocycles. The lowest BCUT2D eigenvalue weighted by Gasteiger charge is -2.14.